The Hall–Kier alpha value is -2.98. The van der Waals surface area contributed by atoms with Gasteiger partial charge in [-0.2, -0.15) is 0 Å². The van der Waals surface area contributed by atoms with Crippen LogP contribution in [-0.2, 0) is 35.6 Å². The second kappa shape index (κ2) is 11.6. The normalized spacial score (nSPS) is 14.4. The van der Waals surface area contributed by atoms with Crippen molar-refractivity contribution in [3.8, 4) is 0 Å². The minimum absolute atomic E-state index is 0.295. The van der Waals surface area contributed by atoms with E-state index in [1.165, 1.54) is 16.7 Å². The smallest absolute Gasteiger partial charge is 0.222 e. The molecule has 0 unspecified atom stereocenters. The number of piperidine rings is 1. The highest BCUT2D eigenvalue weighted by atomic mass is 16.5. The quantitative estimate of drug-likeness (QED) is 0.470. The van der Waals surface area contributed by atoms with Gasteiger partial charge in [0.15, 0.2) is 0 Å². The number of nitrogens with zero attached hydrogens (tertiary/aromatic N) is 2. The fourth-order valence-electron chi connectivity index (χ4n) is 4.31. The number of aryl methyl sites for hydroxylation is 1. The summed E-state index contributed by atoms with van der Waals surface area (Å²) in [6.45, 7) is 3.00. The third-order valence-electron chi connectivity index (χ3n) is 6.27. The molecule has 0 bridgehead atoms. The minimum atomic E-state index is 0.295. The van der Waals surface area contributed by atoms with Crippen molar-refractivity contribution < 1.29 is 9.53 Å². The number of hydrogen-bond donors (Lipinski definition) is 0. The summed E-state index contributed by atoms with van der Waals surface area (Å²) >= 11 is 0. The standard InChI is InChI=1S/C28H32N2O2/c31-28(11-10-23-4-2-1-3-5-23)30-18-14-25(15-19-30)20-24-6-8-26(9-7-24)21-32-22-27-12-16-29-17-13-27/h1-9,12-13,16-17,25H,10-11,14-15,18-22H2. The monoisotopic (exact) mass is 428 g/mol. The molecule has 1 aliphatic heterocycles. The summed E-state index contributed by atoms with van der Waals surface area (Å²) in [5, 5.41) is 0. The van der Waals surface area contributed by atoms with Crippen molar-refractivity contribution in [1.82, 2.24) is 9.88 Å². The molecule has 0 aliphatic carbocycles. The van der Waals surface area contributed by atoms with E-state index in [4.69, 9.17) is 4.74 Å². The van der Waals surface area contributed by atoms with E-state index in [0.717, 1.165) is 44.3 Å². The number of likely N-dealkylation sites (tertiary alicyclic amines) is 1. The topological polar surface area (TPSA) is 42.4 Å². The zero-order valence-corrected chi connectivity index (χ0v) is 18.7. The third-order valence-corrected chi connectivity index (χ3v) is 6.27. The van der Waals surface area contributed by atoms with Gasteiger partial charge >= 0.3 is 0 Å². The molecule has 0 N–H and O–H groups in total. The Balaban J connectivity index is 1.16. The Kier molecular flexibility index (Phi) is 8.05. The maximum Gasteiger partial charge on any atom is 0.222 e. The van der Waals surface area contributed by atoms with Crippen LogP contribution in [0.2, 0.25) is 0 Å². The van der Waals surface area contributed by atoms with E-state index in [9.17, 15) is 4.79 Å². The summed E-state index contributed by atoms with van der Waals surface area (Å²) in [7, 11) is 0. The fraction of sp³-hybridized carbons (Fsp3) is 0.357. The molecule has 0 atom stereocenters. The van der Waals surface area contributed by atoms with Crippen molar-refractivity contribution in [3.63, 3.8) is 0 Å². The average Bonchev–Trinajstić information content (AvgIpc) is 2.85. The van der Waals surface area contributed by atoms with Crippen LogP contribution in [0.4, 0.5) is 0 Å². The van der Waals surface area contributed by atoms with E-state index in [1.54, 1.807) is 12.4 Å². The lowest BCUT2D eigenvalue weighted by molar-refractivity contribution is -0.132. The van der Waals surface area contributed by atoms with Crippen LogP contribution in [0.25, 0.3) is 0 Å². The number of ether oxygens (including phenoxy) is 1. The van der Waals surface area contributed by atoms with Gasteiger partial charge in [0.1, 0.15) is 0 Å². The lowest BCUT2D eigenvalue weighted by atomic mass is 9.89. The van der Waals surface area contributed by atoms with E-state index in [0.29, 0.717) is 31.5 Å². The molecular formula is C28H32N2O2. The molecule has 0 spiro atoms. The number of aromatic nitrogens is 1. The van der Waals surface area contributed by atoms with Crippen LogP contribution in [-0.4, -0.2) is 28.9 Å². The fourth-order valence-corrected chi connectivity index (χ4v) is 4.31. The predicted octanol–water partition coefficient (Wildman–Crippen LogP) is 5.21. The molecule has 0 saturated carbocycles. The SMILES string of the molecule is O=C(CCc1ccccc1)N1CCC(Cc2ccc(COCc3ccncc3)cc2)CC1. The van der Waals surface area contributed by atoms with Gasteiger partial charge in [-0.3, -0.25) is 9.78 Å². The summed E-state index contributed by atoms with van der Waals surface area (Å²) in [6.07, 6.45) is 8.29. The minimum Gasteiger partial charge on any atom is -0.372 e. The number of carbonyl (C=O) groups excluding carboxylic acids is 1. The molecule has 1 fully saturated rings. The molecule has 4 nitrogen and oxygen atoms in total. The summed E-state index contributed by atoms with van der Waals surface area (Å²) in [5.74, 6) is 0.949. The maximum absolute atomic E-state index is 12.6. The first-order valence-corrected chi connectivity index (χ1v) is 11.6. The Morgan fingerprint density at radius 2 is 1.44 bits per heavy atom. The summed E-state index contributed by atoms with van der Waals surface area (Å²) in [5.41, 5.74) is 4.95. The summed E-state index contributed by atoms with van der Waals surface area (Å²) in [4.78, 5) is 18.6. The molecule has 2 heterocycles. The average molecular weight is 429 g/mol. The Morgan fingerprint density at radius 1 is 0.812 bits per heavy atom. The number of hydrogen-bond acceptors (Lipinski definition) is 3. The van der Waals surface area contributed by atoms with Gasteiger partial charge in [-0.1, -0.05) is 54.6 Å². The van der Waals surface area contributed by atoms with Gasteiger partial charge < -0.3 is 9.64 Å². The number of rotatable bonds is 9. The van der Waals surface area contributed by atoms with Crippen LogP contribution in [0, 0.1) is 5.92 Å². The zero-order chi connectivity index (χ0) is 22.0. The van der Waals surface area contributed by atoms with Gasteiger partial charge in [0.25, 0.3) is 0 Å². The largest absolute Gasteiger partial charge is 0.372 e. The molecule has 166 valence electrons. The van der Waals surface area contributed by atoms with E-state index in [-0.39, 0.29) is 0 Å². The first-order chi connectivity index (χ1) is 15.8. The van der Waals surface area contributed by atoms with Gasteiger partial charge in [0.05, 0.1) is 13.2 Å². The molecule has 4 heteroatoms. The van der Waals surface area contributed by atoms with Crippen LogP contribution in [0.5, 0.6) is 0 Å². The molecule has 2 aromatic carbocycles. The molecule has 0 radical (unpaired) electrons. The molecule has 32 heavy (non-hydrogen) atoms. The van der Waals surface area contributed by atoms with Crippen molar-refractivity contribution in [3.05, 3.63) is 101 Å². The van der Waals surface area contributed by atoms with Crippen molar-refractivity contribution in [2.24, 2.45) is 5.92 Å². The van der Waals surface area contributed by atoms with Crippen molar-refractivity contribution in [2.75, 3.05) is 13.1 Å². The van der Waals surface area contributed by atoms with Crippen LogP contribution in [0.15, 0.2) is 79.1 Å². The number of amides is 1. The number of pyridine rings is 1. The van der Waals surface area contributed by atoms with Gasteiger partial charge in [-0.25, -0.2) is 0 Å². The number of benzene rings is 2. The van der Waals surface area contributed by atoms with Crippen LogP contribution in [0.3, 0.4) is 0 Å². The van der Waals surface area contributed by atoms with Gasteiger partial charge in [-0.05, 0) is 66.0 Å². The lowest BCUT2D eigenvalue weighted by Gasteiger charge is -2.32. The van der Waals surface area contributed by atoms with Crippen LogP contribution >= 0.6 is 0 Å². The van der Waals surface area contributed by atoms with Gasteiger partial charge in [0, 0.05) is 31.9 Å². The molecule has 4 rings (SSSR count). The molecule has 1 amide bonds. The highest BCUT2D eigenvalue weighted by molar-refractivity contribution is 5.76. The number of carbonyl (C=O) groups is 1. The van der Waals surface area contributed by atoms with Crippen molar-refractivity contribution in [2.45, 2.75) is 45.3 Å². The maximum atomic E-state index is 12.6. The first-order valence-electron chi connectivity index (χ1n) is 11.6. The van der Waals surface area contributed by atoms with Gasteiger partial charge in [0.2, 0.25) is 5.91 Å². The van der Waals surface area contributed by atoms with Crippen LogP contribution in [0.1, 0.15) is 41.5 Å². The van der Waals surface area contributed by atoms with Gasteiger partial charge in [-0.15, -0.1) is 0 Å². The van der Waals surface area contributed by atoms with Crippen LogP contribution < -0.4 is 0 Å². The zero-order valence-electron chi connectivity index (χ0n) is 18.7. The van der Waals surface area contributed by atoms with E-state index >= 15 is 0 Å². The van der Waals surface area contributed by atoms with E-state index in [1.807, 2.05) is 30.3 Å². The lowest BCUT2D eigenvalue weighted by Crippen LogP contribution is -2.39. The van der Waals surface area contributed by atoms with E-state index in [2.05, 4.69) is 46.3 Å². The highest BCUT2D eigenvalue weighted by Crippen LogP contribution is 2.23. The molecule has 1 aromatic heterocycles. The molecular weight excluding hydrogens is 396 g/mol. The Labute approximate surface area is 191 Å². The predicted molar refractivity (Wildman–Crippen MR) is 127 cm³/mol. The third kappa shape index (κ3) is 6.76. The molecule has 1 aliphatic rings. The second-order valence-corrected chi connectivity index (χ2v) is 8.68. The van der Waals surface area contributed by atoms with Crippen molar-refractivity contribution >= 4 is 5.91 Å². The van der Waals surface area contributed by atoms with Crippen molar-refractivity contribution in [1.29, 1.82) is 0 Å². The van der Waals surface area contributed by atoms with E-state index < -0.39 is 0 Å². The summed E-state index contributed by atoms with van der Waals surface area (Å²) in [6, 6.07) is 23.0. The second-order valence-electron chi connectivity index (χ2n) is 8.68. The molecule has 1 saturated heterocycles. The Morgan fingerprint density at radius 3 is 2.12 bits per heavy atom. The molecule has 3 aromatic rings. The Bertz CT molecular complexity index is 950. The first kappa shape index (κ1) is 22.2. The summed E-state index contributed by atoms with van der Waals surface area (Å²) < 4.78 is 5.81. The highest BCUT2D eigenvalue weighted by Gasteiger charge is 2.22.